The first-order chi connectivity index (χ1) is 13.0. The summed E-state index contributed by atoms with van der Waals surface area (Å²) in [6.07, 6.45) is 2.76. The topological polar surface area (TPSA) is 126 Å². The summed E-state index contributed by atoms with van der Waals surface area (Å²) in [4.78, 5) is 7.94. The van der Waals surface area contributed by atoms with Gasteiger partial charge in [0, 0.05) is 48.7 Å². The second-order valence-electron chi connectivity index (χ2n) is 6.27. The maximum absolute atomic E-state index is 8.63. The van der Waals surface area contributed by atoms with Crippen LogP contribution in [0, 0.1) is 16.2 Å². The molecule has 0 saturated carbocycles. The summed E-state index contributed by atoms with van der Waals surface area (Å²) in [7, 11) is 1.63. The minimum atomic E-state index is 0.169. The van der Waals surface area contributed by atoms with E-state index in [2.05, 4.69) is 9.88 Å². The van der Waals surface area contributed by atoms with E-state index >= 15 is 0 Å². The van der Waals surface area contributed by atoms with E-state index in [4.69, 9.17) is 26.7 Å². The molecule has 2 heterocycles. The summed E-state index contributed by atoms with van der Waals surface area (Å²) in [5, 5.41) is 24.1. The van der Waals surface area contributed by atoms with Gasteiger partial charge in [-0.15, -0.1) is 0 Å². The number of hydrogen-bond acceptors (Lipinski definition) is 7. The summed E-state index contributed by atoms with van der Waals surface area (Å²) >= 11 is 0. The van der Waals surface area contributed by atoms with Crippen molar-refractivity contribution in [3.8, 4) is 0 Å². The molecule has 0 spiro atoms. The number of anilines is 2. The molecule has 1 aromatic carbocycles. The van der Waals surface area contributed by atoms with Crippen molar-refractivity contribution in [2.45, 2.75) is 0 Å². The maximum atomic E-state index is 8.63. The lowest BCUT2D eigenvalue weighted by molar-refractivity contribution is 0.122. The van der Waals surface area contributed by atoms with Crippen LogP contribution in [-0.4, -0.2) is 61.1 Å². The first-order valence-corrected chi connectivity index (χ1v) is 8.61. The zero-order chi connectivity index (χ0) is 19.4. The zero-order valence-electron chi connectivity index (χ0n) is 15.2. The van der Waals surface area contributed by atoms with Crippen LogP contribution < -0.4 is 10.6 Å². The number of nitrogens with one attached hydrogen (secondary N) is 3. The predicted octanol–water partition coefficient (Wildman–Crippen LogP) is 1.78. The Morgan fingerprint density at radius 3 is 2.63 bits per heavy atom. The van der Waals surface area contributed by atoms with Crippen molar-refractivity contribution in [3.05, 3.63) is 53.2 Å². The van der Waals surface area contributed by atoms with Crippen LogP contribution in [0.5, 0.6) is 0 Å². The van der Waals surface area contributed by atoms with E-state index in [1.165, 1.54) is 4.90 Å². The van der Waals surface area contributed by atoms with Gasteiger partial charge in [-0.25, -0.2) is 4.98 Å². The standard InChI is InChI=1S/C19H23N7O/c1-25(12-20)19(23)14-2-3-16(21)15(10-14)18(22)13-4-5-24-17(11-13)26-6-8-27-9-7-26/h2-5,10-12,20,22-23H,6-9,21H2,1H3. The number of aromatic nitrogens is 1. The number of benzene rings is 1. The second kappa shape index (κ2) is 7.96. The van der Waals surface area contributed by atoms with E-state index < -0.39 is 0 Å². The van der Waals surface area contributed by atoms with E-state index in [9.17, 15) is 0 Å². The Hall–Kier alpha value is -3.26. The number of nitrogens with zero attached hydrogens (tertiary/aromatic N) is 3. The van der Waals surface area contributed by atoms with Crippen LogP contribution in [0.1, 0.15) is 16.7 Å². The van der Waals surface area contributed by atoms with E-state index in [1.54, 1.807) is 37.5 Å². The molecule has 0 atom stereocenters. The van der Waals surface area contributed by atoms with Crippen molar-refractivity contribution >= 4 is 29.4 Å². The van der Waals surface area contributed by atoms with Crippen molar-refractivity contribution in [2.75, 3.05) is 44.0 Å². The fourth-order valence-electron chi connectivity index (χ4n) is 2.88. The van der Waals surface area contributed by atoms with Crippen molar-refractivity contribution in [2.24, 2.45) is 0 Å². The first-order valence-electron chi connectivity index (χ1n) is 8.61. The third kappa shape index (κ3) is 3.95. The van der Waals surface area contributed by atoms with Gasteiger partial charge in [0.25, 0.3) is 0 Å². The van der Waals surface area contributed by atoms with Gasteiger partial charge in [0.05, 0.1) is 25.3 Å². The van der Waals surface area contributed by atoms with Crippen LogP contribution in [0.4, 0.5) is 11.5 Å². The van der Waals surface area contributed by atoms with Crippen molar-refractivity contribution in [3.63, 3.8) is 0 Å². The lowest BCUT2D eigenvalue weighted by Gasteiger charge is -2.28. The number of nitrogen functional groups attached to an aromatic ring is 1. The molecule has 0 aliphatic carbocycles. The number of rotatable bonds is 5. The molecule has 1 aliphatic rings. The minimum Gasteiger partial charge on any atom is -0.398 e. The molecule has 8 heteroatoms. The normalized spacial score (nSPS) is 13.9. The van der Waals surface area contributed by atoms with Gasteiger partial charge in [-0.2, -0.15) is 0 Å². The molecule has 1 aliphatic heterocycles. The lowest BCUT2D eigenvalue weighted by atomic mass is 9.98. The number of morpholine rings is 1. The third-order valence-corrected chi connectivity index (χ3v) is 4.51. The average molecular weight is 365 g/mol. The minimum absolute atomic E-state index is 0.169. The van der Waals surface area contributed by atoms with Crippen molar-refractivity contribution < 1.29 is 4.74 Å². The average Bonchev–Trinajstić information content (AvgIpc) is 2.73. The molecule has 3 rings (SSSR count). The number of amidine groups is 1. The SMILES string of the molecule is CN(C=N)C(=N)c1ccc(N)c(C(=N)c2ccnc(N3CCOCC3)c2)c1. The fourth-order valence-corrected chi connectivity index (χ4v) is 2.88. The van der Waals surface area contributed by atoms with E-state index in [0.29, 0.717) is 35.6 Å². The highest BCUT2D eigenvalue weighted by atomic mass is 16.5. The summed E-state index contributed by atoms with van der Waals surface area (Å²) < 4.78 is 5.38. The molecule has 0 bridgehead atoms. The highest BCUT2D eigenvalue weighted by molar-refractivity contribution is 6.15. The number of ether oxygens (including phenoxy) is 1. The zero-order valence-corrected chi connectivity index (χ0v) is 15.2. The second-order valence-corrected chi connectivity index (χ2v) is 6.27. The van der Waals surface area contributed by atoms with E-state index in [1.807, 2.05) is 6.07 Å². The smallest absolute Gasteiger partial charge is 0.133 e. The Morgan fingerprint density at radius 2 is 1.93 bits per heavy atom. The molecule has 1 fully saturated rings. The molecule has 5 N–H and O–H groups in total. The lowest BCUT2D eigenvalue weighted by Crippen LogP contribution is -2.36. The van der Waals surface area contributed by atoms with Gasteiger partial charge in [-0.05, 0) is 30.3 Å². The molecule has 1 saturated heterocycles. The Labute approximate surface area is 158 Å². The molecule has 0 radical (unpaired) electrons. The molecule has 0 amide bonds. The van der Waals surface area contributed by atoms with Gasteiger partial charge in [0.2, 0.25) is 0 Å². The van der Waals surface area contributed by atoms with Gasteiger partial charge in [-0.1, -0.05) is 0 Å². The Bertz CT molecular complexity index is 874. The van der Waals surface area contributed by atoms with Gasteiger partial charge < -0.3 is 20.3 Å². The van der Waals surface area contributed by atoms with Crippen LogP contribution in [0.25, 0.3) is 0 Å². The Balaban J connectivity index is 1.91. The maximum Gasteiger partial charge on any atom is 0.133 e. The van der Waals surface area contributed by atoms with Crippen LogP contribution >= 0.6 is 0 Å². The highest BCUT2D eigenvalue weighted by Crippen LogP contribution is 2.22. The van der Waals surface area contributed by atoms with Gasteiger partial charge in [0.1, 0.15) is 11.7 Å². The van der Waals surface area contributed by atoms with Crippen molar-refractivity contribution in [1.29, 1.82) is 16.2 Å². The molecule has 27 heavy (non-hydrogen) atoms. The predicted molar refractivity (Wildman–Crippen MR) is 107 cm³/mol. The van der Waals surface area contributed by atoms with Crippen molar-refractivity contribution in [1.82, 2.24) is 9.88 Å². The monoisotopic (exact) mass is 365 g/mol. The molecule has 0 unspecified atom stereocenters. The summed E-state index contributed by atoms with van der Waals surface area (Å²) in [6.45, 7) is 2.88. The molecule has 2 aromatic rings. The largest absolute Gasteiger partial charge is 0.398 e. The van der Waals surface area contributed by atoms with Crippen LogP contribution in [0.15, 0.2) is 36.5 Å². The van der Waals surface area contributed by atoms with Crippen LogP contribution in [0.3, 0.4) is 0 Å². The number of nitrogens with two attached hydrogens (primary N) is 1. The van der Waals surface area contributed by atoms with Gasteiger partial charge >= 0.3 is 0 Å². The third-order valence-electron chi connectivity index (χ3n) is 4.51. The number of pyridine rings is 1. The Morgan fingerprint density at radius 1 is 1.19 bits per heavy atom. The van der Waals surface area contributed by atoms with Gasteiger partial charge in [-0.3, -0.25) is 16.2 Å². The summed E-state index contributed by atoms with van der Waals surface area (Å²) in [5.41, 5.74) is 8.71. The van der Waals surface area contributed by atoms with E-state index in [0.717, 1.165) is 25.2 Å². The first kappa shape index (κ1) is 18.5. The highest BCUT2D eigenvalue weighted by Gasteiger charge is 2.16. The Kier molecular flexibility index (Phi) is 5.46. The molecule has 140 valence electrons. The van der Waals surface area contributed by atoms with Crippen LogP contribution in [0.2, 0.25) is 0 Å². The van der Waals surface area contributed by atoms with Gasteiger partial charge in [0.15, 0.2) is 0 Å². The summed E-state index contributed by atoms with van der Waals surface area (Å²) in [6, 6.07) is 8.80. The summed E-state index contributed by atoms with van der Waals surface area (Å²) in [5.74, 6) is 0.981. The molecule has 8 nitrogen and oxygen atoms in total. The molecular weight excluding hydrogens is 342 g/mol. The van der Waals surface area contributed by atoms with Crippen LogP contribution in [-0.2, 0) is 4.74 Å². The molecular formula is C19H23N7O. The number of hydrogen-bond donors (Lipinski definition) is 4. The van der Waals surface area contributed by atoms with E-state index in [-0.39, 0.29) is 11.5 Å². The quantitative estimate of drug-likeness (QED) is 0.365. The molecule has 1 aromatic heterocycles. The fraction of sp³-hybridized carbons (Fsp3) is 0.263.